The zero-order valence-electron chi connectivity index (χ0n) is 11.7. The lowest BCUT2D eigenvalue weighted by atomic mass is 10.3. The quantitative estimate of drug-likeness (QED) is 0.792. The Hall–Kier alpha value is -2.25. The van der Waals surface area contributed by atoms with Gasteiger partial charge in [-0.3, -0.25) is 4.79 Å². The molecule has 0 fully saturated rings. The third-order valence-corrected chi connectivity index (χ3v) is 4.60. The van der Waals surface area contributed by atoms with E-state index in [9.17, 15) is 4.79 Å². The number of carbonyl (C=O) groups is 1. The Morgan fingerprint density at radius 2 is 2.00 bits per heavy atom. The number of nitrogens with zero attached hydrogens (tertiary/aromatic N) is 3. The number of aromatic nitrogens is 3. The molecule has 0 atom stereocenters. The van der Waals surface area contributed by atoms with Crippen LogP contribution in [0.25, 0.3) is 0 Å². The van der Waals surface area contributed by atoms with E-state index in [0.29, 0.717) is 10.6 Å². The summed E-state index contributed by atoms with van der Waals surface area (Å²) in [5.41, 5.74) is 3.10. The molecular formula is C15H12N4OS2. The molecule has 0 aromatic carbocycles. The second-order valence-corrected chi connectivity index (χ2v) is 6.27. The van der Waals surface area contributed by atoms with Gasteiger partial charge in [0, 0.05) is 18.1 Å². The first-order valence-electron chi connectivity index (χ1n) is 6.49. The van der Waals surface area contributed by atoms with E-state index in [4.69, 9.17) is 0 Å². The fourth-order valence-corrected chi connectivity index (χ4v) is 3.24. The van der Waals surface area contributed by atoms with Gasteiger partial charge in [-0.2, -0.15) is 0 Å². The van der Waals surface area contributed by atoms with E-state index in [1.165, 1.54) is 23.1 Å². The van der Waals surface area contributed by atoms with E-state index in [-0.39, 0.29) is 5.91 Å². The van der Waals surface area contributed by atoms with Gasteiger partial charge in [-0.1, -0.05) is 17.8 Å². The average Bonchev–Trinajstić information content (AvgIpc) is 2.95. The number of pyridine rings is 2. The Labute approximate surface area is 135 Å². The van der Waals surface area contributed by atoms with Gasteiger partial charge in [0.15, 0.2) is 0 Å². The van der Waals surface area contributed by atoms with Crippen LogP contribution in [0.4, 0.5) is 5.69 Å². The van der Waals surface area contributed by atoms with Crippen molar-refractivity contribution in [2.24, 2.45) is 0 Å². The highest BCUT2D eigenvalue weighted by atomic mass is 32.2. The van der Waals surface area contributed by atoms with E-state index < -0.39 is 0 Å². The third kappa shape index (κ3) is 3.49. The number of rotatable bonds is 4. The van der Waals surface area contributed by atoms with Crippen LogP contribution in [-0.2, 0) is 0 Å². The molecule has 110 valence electrons. The highest BCUT2D eigenvalue weighted by Crippen LogP contribution is 2.26. The SMILES string of the molecule is Cc1ncsc1C(=O)Nc1ccnc(Sc2ccccn2)c1. The van der Waals surface area contributed by atoms with Crippen LogP contribution in [0.2, 0.25) is 0 Å². The van der Waals surface area contributed by atoms with Crippen LogP contribution in [-0.4, -0.2) is 20.9 Å². The molecule has 3 heterocycles. The van der Waals surface area contributed by atoms with Crippen LogP contribution in [0.15, 0.2) is 58.3 Å². The van der Waals surface area contributed by atoms with E-state index in [1.807, 2.05) is 31.2 Å². The largest absolute Gasteiger partial charge is 0.321 e. The smallest absolute Gasteiger partial charge is 0.267 e. The van der Waals surface area contributed by atoms with Gasteiger partial charge in [-0.05, 0) is 31.2 Å². The van der Waals surface area contributed by atoms with Crippen LogP contribution in [0.1, 0.15) is 15.4 Å². The summed E-state index contributed by atoms with van der Waals surface area (Å²) in [6.45, 7) is 1.82. The molecule has 0 aliphatic heterocycles. The molecule has 0 bridgehead atoms. The predicted molar refractivity (Wildman–Crippen MR) is 87.4 cm³/mol. The highest BCUT2D eigenvalue weighted by molar-refractivity contribution is 7.99. The van der Waals surface area contributed by atoms with Crippen LogP contribution in [0, 0.1) is 6.92 Å². The van der Waals surface area contributed by atoms with Crippen LogP contribution in [0.3, 0.4) is 0 Å². The lowest BCUT2D eigenvalue weighted by Crippen LogP contribution is -2.11. The second kappa shape index (κ2) is 6.67. The maximum Gasteiger partial charge on any atom is 0.267 e. The molecule has 3 aromatic heterocycles. The van der Waals surface area contributed by atoms with E-state index >= 15 is 0 Å². The van der Waals surface area contributed by atoms with Crippen molar-refractivity contribution in [3.8, 4) is 0 Å². The number of anilines is 1. The fourth-order valence-electron chi connectivity index (χ4n) is 1.77. The summed E-state index contributed by atoms with van der Waals surface area (Å²) in [4.78, 5) is 25.4. The molecular weight excluding hydrogens is 316 g/mol. The summed E-state index contributed by atoms with van der Waals surface area (Å²) in [5, 5.41) is 4.50. The minimum atomic E-state index is -0.153. The van der Waals surface area contributed by atoms with Crippen LogP contribution in [0.5, 0.6) is 0 Å². The van der Waals surface area contributed by atoms with E-state index in [2.05, 4.69) is 20.3 Å². The number of hydrogen-bond acceptors (Lipinski definition) is 6. The molecule has 0 aliphatic rings. The summed E-state index contributed by atoms with van der Waals surface area (Å²) in [7, 11) is 0. The van der Waals surface area contributed by atoms with Crippen molar-refractivity contribution >= 4 is 34.7 Å². The highest BCUT2D eigenvalue weighted by Gasteiger charge is 2.12. The monoisotopic (exact) mass is 328 g/mol. The molecule has 3 aromatic rings. The second-order valence-electron chi connectivity index (χ2n) is 4.37. The Bertz CT molecular complexity index is 789. The molecule has 0 unspecified atom stereocenters. The van der Waals surface area contributed by atoms with Gasteiger partial charge in [0.05, 0.1) is 11.2 Å². The van der Waals surface area contributed by atoms with Crippen LogP contribution < -0.4 is 5.32 Å². The number of aryl methyl sites for hydroxylation is 1. The molecule has 0 aliphatic carbocycles. The Kier molecular flexibility index (Phi) is 4.45. The maximum absolute atomic E-state index is 12.2. The number of carbonyl (C=O) groups excluding carboxylic acids is 1. The number of nitrogens with one attached hydrogen (secondary N) is 1. The molecule has 1 amide bonds. The molecule has 0 spiro atoms. The minimum Gasteiger partial charge on any atom is -0.321 e. The molecule has 7 heteroatoms. The molecule has 0 saturated carbocycles. The minimum absolute atomic E-state index is 0.153. The van der Waals surface area contributed by atoms with Gasteiger partial charge < -0.3 is 5.32 Å². The van der Waals surface area contributed by atoms with Gasteiger partial charge in [-0.25, -0.2) is 15.0 Å². The topological polar surface area (TPSA) is 67.8 Å². The first kappa shape index (κ1) is 14.7. The Morgan fingerprint density at radius 1 is 1.14 bits per heavy atom. The molecule has 0 saturated heterocycles. The lowest BCUT2D eigenvalue weighted by molar-refractivity contribution is 0.103. The number of amides is 1. The van der Waals surface area contributed by atoms with Gasteiger partial charge >= 0.3 is 0 Å². The predicted octanol–water partition coefficient (Wildman–Crippen LogP) is 3.65. The van der Waals surface area contributed by atoms with Crippen molar-refractivity contribution in [3.05, 3.63) is 58.8 Å². The van der Waals surface area contributed by atoms with Gasteiger partial charge in [0.1, 0.15) is 14.9 Å². The Balaban J connectivity index is 1.74. The fraction of sp³-hybridized carbons (Fsp3) is 0.0667. The Morgan fingerprint density at radius 3 is 2.73 bits per heavy atom. The van der Waals surface area contributed by atoms with Crippen molar-refractivity contribution in [2.45, 2.75) is 17.0 Å². The first-order valence-corrected chi connectivity index (χ1v) is 8.18. The molecule has 3 rings (SSSR count). The first-order chi connectivity index (χ1) is 10.7. The van der Waals surface area contributed by atoms with Gasteiger partial charge in [-0.15, -0.1) is 11.3 Å². The number of thiazole rings is 1. The average molecular weight is 328 g/mol. The third-order valence-electron chi connectivity index (χ3n) is 2.79. The van der Waals surface area contributed by atoms with E-state index in [1.54, 1.807) is 24.0 Å². The molecule has 0 radical (unpaired) electrons. The van der Waals surface area contributed by atoms with Gasteiger partial charge in [0.25, 0.3) is 5.91 Å². The summed E-state index contributed by atoms with van der Waals surface area (Å²) in [6.07, 6.45) is 3.40. The summed E-state index contributed by atoms with van der Waals surface area (Å²) >= 11 is 2.78. The van der Waals surface area contributed by atoms with E-state index in [0.717, 1.165) is 15.7 Å². The standard InChI is InChI=1S/C15H12N4OS2/c1-10-14(21-9-18-10)15(20)19-11-5-7-17-13(8-11)22-12-4-2-3-6-16-12/h2-9H,1H3,(H,17,19,20). The van der Waals surface area contributed by atoms with Crippen molar-refractivity contribution in [1.82, 2.24) is 15.0 Å². The zero-order valence-corrected chi connectivity index (χ0v) is 13.3. The van der Waals surface area contributed by atoms with Crippen molar-refractivity contribution < 1.29 is 4.79 Å². The lowest BCUT2D eigenvalue weighted by Gasteiger charge is -2.06. The van der Waals surface area contributed by atoms with Crippen LogP contribution >= 0.6 is 23.1 Å². The van der Waals surface area contributed by atoms with Crippen molar-refractivity contribution in [2.75, 3.05) is 5.32 Å². The van der Waals surface area contributed by atoms with Crippen molar-refractivity contribution in [1.29, 1.82) is 0 Å². The summed E-state index contributed by atoms with van der Waals surface area (Å²) in [5.74, 6) is -0.153. The van der Waals surface area contributed by atoms with Crippen molar-refractivity contribution in [3.63, 3.8) is 0 Å². The molecule has 5 nitrogen and oxygen atoms in total. The summed E-state index contributed by atoms with van der Waals surface area (Å²) in [6, 6.07) is 9.29. The zero-order chi connectivity index (χ0) is 15.4. The molecule has 1 N–H and O–H groups in total. The normalized spacial score (nSPS) is 10.4. The maximum atomic E-state index is 12.2. The van der Waals surface area contributed by atoms with Gasteiger partial charge in [0.2, 0.25) is 0 Å². The summed E-state index contributed by atoms with van der Waals surface area (Å²) < 4.78 is 0. The number of hydrogen-bond donors (Lipinski definition) is 1. The molecule has 22 heavy (non-hydrogen) atoms.